The van der Waals surface area contributed by atoms with Gasteiger partial charge >= 0.3 is 5.69 Å². The Morgan fingerprint density at radius 1 is 1.50 bits per heavy atom. The summed E-state index contributed by atoms with van der Waals surface area (Å²) in [6, 6.07) is 1.26. The maximum atomic E-state index is 11.7. The molecular formula is C10H6Cl2N4O4. The summed E-state index contributed by atoms with van der Waals surface area (Å²) < 4.78 is 0. The summed E-state index contributed by atoms with van der Waals surface area (Å²) in [5.41, 5.74) is -1.46. The number of anilines is 1. The summed E-state index contributed by atoms with van der Waals surface area (Å²) in [5.74, 6) is -0.783. The fourth-order valence-electron chi connectivity index (χ4n) is 1.58. The minimum absolute atomic E-state index is 0.0365. The third kappa shape index (κ3) is 2.43. The molecule has 104 valence electrons. The van der Waals surface area contributed by atoms with Crippen molar-refractivity contribution in [2.75, 3.05) is 5.32 Å². The number of nitrogens with one attached hydrogen (secondary N) is 2. The number of nitro groups is 1. The van der Waals surface area contributed by atoms with Gasteiger partial charge in [0, 0.05) is 6.92 Å². The number of benzene rings is 1. The van der Waals surface area contributed by atoms with Gasteiger partial charge in [-0.2, -0.15) is 0 Å². The SMILES string of the molecule is CC(=O)Nc1nc2cc(Cl)c(Cl)c([N+](=O)[O-])c2[nH]c1=O. The van der Waals surface area contributed by atoms with Gasteiger partial charge in [0.15, 0.2) is 5.82 Å². The van der Waals surface area contributed by atoms with E-state index >= 15 is 0 Å². The number of H-pyrrole nitrogens is 1. The highest BCUT2D eigenvalue weighted by Crippen LogP contribution is 2.36. The van der Waals surface area contributed by atoms with Gasteiger partial charge in [0.25, 0.3) is 5.56 Å². The number of nitrogens with zero attached hydrogens (tertiary/aromatic N) is 2. The molecule has 0 aliphatic rings. The minimum Gasteiger partial charge on any atom is -0.312 e. The van der Waals surface area contributed by atoms with Crippen LogP contribution in [0.4, 0.5) is 11.5 Å². The molecule has 0 bridgehead atoms. The second-order valence-electron chi connectivity index (χ2n) is 3.77. The molecule has 1 amide bonds. The van der Waals surface area contributed by atoms with Crippen molar-refractivity contribution in [1.29, 1.82) is 0 Å². The summed E-state index contributed by atoms with van der Waals surface area (Å²) in [6.07, 6.45) is 0. The molecule has 1 heterocycles. The molecule has 20 heavy (non-hydrogen) atoms. The maximum absolute atomic E-state index is 11.7. The lowest BCUT2D eigenvalue weighted by Gasteiger charge is -2.05. The molecule has 0 saturated heterocycles. The van der Waals surface area contributed by atoms with E-state index in [0.29, 0.717) is 0 Å². The number of amides is 1. The quantitative estimate of drug-likeness (QED) is 0.649. The fourth-order valence-corrected chi connectivity index (χ4v) is 1.99. The van der Waals surface area contributed by atoms with Crippen LogP contribution in [0.2, 0.25) is 10.0 Å². The van der Waals surface area contributed by atoms with Gasteiger partial charge in [-0.1, -0.05) is 23.2 Å². The topological polar surface area (TPSA) is 118 Å². The Morgan fingerprint density at radius 3 is 2.70 bits per heavy atom. The maximum Gasteiger partial charge on any atom is 0.314 e. The van der Waals surface area contributed by atoms with Crippen molar-refractivity contribution >= 4 is 51.6 Å². The Morgan fingerprint density at radius 2 is 2.15 bits per heavy atom. The van der Waals surface area contributed by atoms with Crippen molar-refractivity contribution in [2.45, 2.75) is 6.92 Å². The second-order valence-corrected chi connectivity index (χ2v) is 4.55. The zero-order chi connectivity index (χ0) is 15.0. The summed E-state index contributed by atoms with van der Waals surface area (Å²) >= 11 is 11.5. The van der Waals surface area contributed by atoms with E-state index in [9.17, 15) is 19.7 Å². The van der Waals surface area contributed by atoms with Gasteiger partial charge in [0.2, 0.25) is 5.91 Å². The van der Waals surface area contributed by atoms with Crippen molar-refractivity contribution in [2.24, 2.45) is 0 Å². The Balaban J connectivity index is 2.85. The molecule has 2 rings (SSSR count). The van der Waals surface area contributed by atoms with Gasteiger partial charge < -0.3 is 10.3 Å². The van der Waals surface area contributed by atoms with E-state index in [0.717, 1.165) is 0 Å². The molecule has 1 aromatic carbocycles. The summed E-state index contributed by atoms with van der Waals surface area (Å²) in [6.45, 7) is 1.20. The third-order valence-electron chi connectivity index (χ3n) is 2.34. The van der Waals surface area contributed by atoms with Crippen LogP contribution in [0.5, 0.6) is 0 Å². The smallest absolute Gasteiger partial charge is 0.312 e. The van der Waals surface area contributed by atoms with Crippen molar-refractivity contribution < 1.29 is 9.72 Å². The Labute approximate surface area is 120 Å². The van der Waals surface area contributed by atoms with E-state index in [1.165, 1.54) is 13.0 Å². The molecular weight excluding hydrogens is 311 g/mol. The number of fused-ring (bicyclic) bond motifs is 1. The van der Waals surface area contributed by atoms with E-state index in [1.807, 2.05) is 0 Å². The molecule has 2 aromatic rings. The lowest BCUT2D eigenvalue weighted by Crippen LogP contribution is -2.19. The van der Waals surface area contributed by atoms with Gasteiger partial charge in [0.1, 0.15) is 10.5 Å². The van der Waals surface area contributed by atoms with Crippen LogP contribution in [-0.2, 0) is 4.79 Å². The molecule has 0 saturated carbocycles. The first kappa shape index (κ1) is 14.2. The van der Waals surface area contributed by atoms with Crippen molar-refractivity contribution in [3.8, 4) is 0 Å². The summed E-state index contributed by atoms with van der Waals surface area (Å²) in [4.78, 5) is 39.0. The molecule has 1 aromatic heterocycles. The van der Waals surface area contributed by atoms with E-state index in [-0.39, 0.29) is 26.9 Å². The monoisotopic (exact) mass is 316 g/mol. The molecule has 0 aliphatic heterocycles. The van der Waals surface area contributed by atoms with E-state index < -0.39 is 22.1 Å². The van der Waals surface area contributed by atoms with Gasteiger partial charge in [-0.15, -0.1) is 0 Å². The molecule has 0 atom stereocenters. The zero-order valence-corrected chi connectivity index (χ0v) is 11.4. The predicted molar refractivity (Wildman–Crippen MR) is 73.3 cm³/mol. The van der Waals surface area contributed by atoms with Gasteiger partial charge in [-0.05, 0) is 6.07 Å². The lowest BCUT2D eigenvalue weighted by atomic mass is 10.2. The van der Waals surface area contributed by atoms with Crippen molar-refractivity contribution in [1.82, 2.24) is 9.97 Å². The predicted octanol–water partition coefficient (Wildman–Crippen LogP) is 2.10. The molecule has 8 nitrogen and oxygen atoms in total. The number of hydrogen-bond donors (Lipinski definition) is 2. The largest absolute Gasteiger partial charge is 0.314 e. The molecule has 0 radical (unpaired) electrons. The van der Waals surface area contributed by atoms with E-state index in [2.05, 4.69) is 15.3 Å². The van der Waals surface area contributed by atoms with Crippen LogP contribution in [0.15, 0.2) is 10.9 Å². The van der Waals surface area contributed by atoms with E-state index in [4.69, 9.17) is 23.2 Å². The van der Waals surface area contributed by atoms with Gasteiger partial charge in [0.05, 0.1) is 15.5 Å². The van der Waals surface area contributed by atoms with Crippen molar-refractivity contribution in [3.05, 3.63) is 36.6 Å². The van der Waals surface area contributed by atoms with Crippen LogP contribution in [0, 0.1) is 10.1 Å². The van der Waals surface area contributed by atoms with Crippen molar-refractivity contribution in [3.63, 3.8) is 0 Å². The number of carbonyl (C=O) groups is 1. The van der Waals surface area contributed by atoms with Gasteiger partial charge in [-0.3, -0.25) is 19.7 Å². The first-order valence-electron chi connectivity index (χ1n) is 5.15. The number of rotatable bonds is 2. The highest BCUT2D eigenvalue weighted by molar-refractivity contribution is 6.44. The highest BCUT2D eigenvalue weighted by atomic mass is 35.5. The number of hydrogen-bond acceptors (Lipinski definition) is 5. The van der Waals surface area contributed by atoms with Crippen LogP contribution in [0.3, 0.4) is 0 Å². The average molecular weight is 317 g/mol. The zero-order valence-electron chi connectivity index (χ0n) is 9.86. The number of carbonyl (C=O) groups excluding carboxylic acids is 1. The van der Waals surface area contributed by atoms with Crippen LogP contribution in [0.1, 0.15) is 6.92 Å². The first-order chi connectivity index (χ1) is 9.31. The Hall–Kier alpha value is -2.19. The molecule has 0 spiro atoms. The number of aromatic nitrogens is 2. The summed E-state index contributed by atoms with van der Waals surface area (Å²) in [5, 5.41) is 12.8. The third-order valence-corrected chi connectivity index (χ3v) is 3.11. The molecule has 0 fully saturated rings. The first-order valence-corrected chi connectivity index (χ1v) is 5.91. The number of halogens is 2. The molecule has 10 heteroatoms. The lowest BCUT2D eigenvalue weighted by molar-refractivity contribution is -0.383. The van der Waals surface area contributed by atoms with Crippen LogP contribution >= 0.6 is 23.2 Å². The average Bonchev–Trinajstić information content (AvgIpc) is 2.32. The summed E-state index contributed by atoms with van der Waals surface area (Å²) in [7, 11) is 0. The highest BCUT2D eigenvalue weighted by Gasteiger charge is 2.23. The van der Waals surface area contributed by atoms with Gasteiger partial charge in [-0.25, -0.2) is 4.98 Å². The molecule has 0 unspecified atom stereocenters. The normalized spacial score (nSPS) is 10.6. The van der Waals surface area contributed by atoms with Crippen LogP contribution < -0.4 is 10.9 Å². The molecule has 2 N–H and O–H groups in total. The van der Waals surface area contributed by atoms with E-state index in [1.54, 1.807) is 0 Å². The Kier molecular flexibility index (Phi) is 3.60. The number of aromatic amines is 1. The standard InChI is InChI=1S/C10H6Cl2N4O4/c1-3(17)13-9-10(18)15-7-5(14-9)2-4(11)6(12)8(7)16(19)20/h2H,1H3,(H,15,18)(H,13,14,17). The second kappa shape index (κ2) is 5.06. The van der Waals surface area contributed by atoms with Crippen LogP contribution in [-0.4, -0.2) is 20.8 Å². The minimum atomic E-state index is -0.783. The van der Waals surface area contributed by atoms with Crippen LogP contribution in [0.25, 0.3) is 11.0 Å². The fraction of sp³-hybridized carbons (Fsp3) is 0.100. The Bertz CT molecular complexity index is 802. The number of nitro benzene ring substituents is 1. The molecule has 0 aliphatic carbocycles.